The fraction of sp³-hybridized carbons (Fsp3) is 0.289. The molecule has 0 spiro atoms. The molecule has 1 aliphatic rings. The smallest absolute Gasteiger partial charge is 0.472 e. The monoisotopic (exact) mass is 930 g/mol. The number of rotatable bonds is 18. The molecule has 0 fully saturated rings. The first-order valence-corrected chi connectivity index (χ1v) is 26.5. The van der Waals surface area contributed by atoms with Gasteiger partial charge in [0.05, 0.1) is 32.8 Å². The van der Waals surface area contributed by atoms with Gasteiger partial charge in [0.2, 0.25) is 5.76 Å². The van der Waals surface area contributed by atoms with Gasteiger partial charge in [0, 0.05) is 38.1 Å². The Morgan fingerprint density at radius 1 is 0.567 bits per heavy atom. The predicted octanol–water partition coefficient (Wildman–Crippen LogP) is 4.07. The van der Waals surface area contributed by atoms with Crippen molar-refractivity contribution in [2.24, 2.45) is 0 Å². The lowest BCUT2D eigenvalue weighted by molar-refractivity contribution is -0.143. The molecule has 5 rings (SSSR count). The number of aliphatic hydroxyl groups excluding tert-OH is 1. The molecule has 0 saturated heterocycles. The number of carbonyl (C=O) groups is 1. The Balaban J connectivity index is 0.000000270. The number of hydrogen-bond acceptors (Lipinski definition) is 16. The number of aliphatic hydroxyl groups is 1. The highest BCUT2D eigenvalue weighted by Crippen LogP contribution is 2.45. The molecule has 0 aliphatic carbocycles. The van der Waals surface area contributed by atoms with Crippen LogP contribution in [0.3, 0.4) is 0 Å². The molecule has 1 aliphatic heterocycles. The summed E-state index contributed by atoms with van der Waals surface area (Å²) in [6.45, 7) is -1.11. The summed E-state index contributed by atoms with van der Waals surface area (Å²) in [4.78, 5) is 22.5. The summed E-state index contributed by atoms with van der Waals surface area (Å²) in [5, 5.41) is 9.31. The summed E-state index contributed by atoms with van der Waals surface area (Å²) < 4.78 is 132. The average Bonchev–Trinajstić information content (AvgIpc) is 3.47. The highest BCUT2D eigenvalue weighted by atomic mass is 32.2. The molecule has 0 aromatic heterocycles. The average molecular weight is 931 g/mol. The summed E-state index contributed by atoms with van der Waals surface area (Å²) in [6, 6.07) is 23.9. The van der Waals surface area contributed by atoms with Crippen molar-refractivity contribution in [3.05, 3.63) is 131 Å². The minimum Gasteiger partial charge on any atom is -0.485 e. The van der Waals surface area contributed by atoms with E-state index in [0.29, 0.717) is 22.3 Å². The van der Waals surface area contributed by atoms with Crippen LogP contribution in [0.2, 0.25) is 0 Å². The van der Waals surface area contributed by atoms with Gasteiger partial charge in [0.1, 0.15) is 13.2 Å². The van der Waals surface area contributed by atoms with Crippen LogP contribution in [-0.2, 0) is 98.4 Å². The second-order valence-electron chi connectivity index (χ2n) is 13.4. The van der Waals surface area contributed by atoms with Gasteiger partial charge in [-0.15, -0.1) is 0 Å². The van der Waals surface area contributed by atoms with E-state index in [9.17, 15) is 53.0 Å². The van der Waals surface area contributed by atoms with Gasteiger partial charge in [0.15, 0.2) is 51.2 Å². The normalized spacial score (nSPS) is 14.9. The number of sulfone groups is 4. The lowest BCUT2D eigenvalue weighted by atomic mass is 10.2. The van der Waals surface area contributed by atoms with E-state index >= 15 is 0 Å². The maximum absolute atomic E-state index is 12.4. The molecular formula is C38H43O17PS4. The van der Waals surface area contributed by atoms with Crippen molar-refractivity contribution in [1.82, 2.24) is 0 Å². The predicted molar refractivity (Wildman–Crippen MR) is 216 cm³/mol. The van der Waals surface area contributed by atoms with E-state index in [1.807, 2.05) is 0 Å². The largest absolute Gasteiger partial charge is 0.485 e. The standard InChI is InChI=1S/C22H24O9S2.C16H19O8PS2/c1-32(25,26)17-7-3-5-15(11-17)13-29-20-19(9-10-23)31-22(24)21(20)30-14-16-6-4-8-18(12-16)33(2,27)28;1-26(19,20)15-7-3-5-13(9-15)11-23-25(17,18)24-12-14-6-4-8-16(10-14)27(2,21)22/h3-8,11-12,19,23H,9-10,13-14H2,1-2H3;3-10H,11-12H2,1-2H3,(H,17,18). The molecule has 0 saturated carbocycles. The maximum Gasteiger partial charge on any atom is 0.472 e. The second kappa shape index (κ2) is 20.0. The second-order valence-corrected chi connectivity index (χ2v) is 22.9. The highest BCUT2D eigenvalue weighted by molar-refractivity contribution is 7.91. The first-order chi connectivity index (χ1) is 27.9. The molecule has 0 amide bonds. The molecular weight excluding hydrogens is 888 g/mol. The third-order valence-corrected chi connectivity index (χ3v) is 13.6. The Kier molecular flexibility index (Phi) is 16.0. The summed E-state index contributed by atoms with van der Waals surface area (Å²) >= 11 is 0. The van der Waals surface area contributed by atoms with E-state index in [0.717, 1.165) is 25.0 Å². The molecule has 4 aromatic rings. The Bertz CT molecular complexity index is 2650. The maximum atomic E-state index is 12.4. The van der Waals surface area contributed by atoms with Gasteiger partial charge >= 0.3 is 13.8 Å². The van der Waals surface area contributed by atoms with Gasteiger partial charge in [-0.2, -0.15) is 0 Å². The van der Waals surface area contributed by atoms with Gasteiger partial charge in [-0.25, -0.2) is 43.0 Å². The van der Waals surface area contributed by atoms with Crippen LogP contribution in [0.1, 0.15) is 28.7 Å². The fourth-order valence-electron chi connectivity index (χ4n) is 5.21. The van der Waals surface area contributed by atoms with Crippen LogP contribution in [0, 0.1) is 0 Å². The van der Waals surface area contributed by atoms with E-state index < -0.39 is 59.2 Å². The van der Waals surface area contributed by atoms with Crippen molar-refractivity contribution in [3.8, 4) is 0 Å². The molecule has 326 valence electrons. The number of esters is 1. The van der Waals surface area contributed by atoms with E-state index in [-0.39, 0.29) is 70.6 Å². The number of phosphoric acid groups is 1. The number of phosphoric ester groups is 1. The Morgan fingerprint density at radius 2 is 0.900 bits per heavy atom. The van der Waals surface area contributed by atoms with Crippen LogP contribution in [0.15, 0.2) is 128 Å². The zero-order chi connectivity index (χ0) is 44.5. The van der Waals surface area contributed by atoms with E-state index in [4.69, 9.17) is 23.3 Å². The number of carbonyl (C=O) groups excluding carboxylic acids is 1. The number of hydrogen-bond donors (Lipinski definition) is 2. The van der Waals surface area contributed by atoms with E-state index in [1.165, 1.54) is 60.7 Å². The summed E-state index contributed by atoms with van der Waals surface area (Å²) in [5.74, 6) is -0.872. The highest BCUT2D eigenvalue weighted by Gasteiger charge is 2.37. The zero-order valence-electron chi connectivity index (χ0n) is 32.7. The molecule has 22 heteroatoms. The lowest BCUT2D eigenvalue weighted by Crippen LogP contribution is -2.15. The molecule has 0 bridgehead atoms. The summed E-state index contributed by atoms with van der Waals surface area (Å²) in [5.41, 5.74) is 1.83. The lowest BCUT2D eigenvalue weighted by Gasteiger charge is -2.14. The van der Waals surface area contributed by atoms with Gasteiger partial charge in [0.25, 0.3) is 0 Å². The van der Waals surface area contributed by atoms with E-state index in [2.05, 4.69) is 0 Å². The number of ether oxygens (including phenoxy) is 3. The fourth-order valence-corrected chi connectivity index (χ4v) is 8.67. The SMILES string of the molecule is CS(=O)(=O)c1cccc(COC2=C(OCc3cccc(S(C)(=O)=O)c3)C(CCO)OC2=O)c1.CS(=O)(=O)c1cccc(COP(=O)(O)OCc2cccc(S(C)(=O)=O)c2)c1. The molecule has 60 heavy (non-hydrogen) atoms. The zero-order valence-corrected chi connectivity index (χ0v) is 36.8. The molecule has 0 radical (unpaired) electrons. The van der Waals surface area contributed by atoms with Crippen LogP contribution in [0.4, 0.5) is 0 Å². The van der Waals surface area contributed by atoms with Gasteiger partial charge in [-0.05, 0) is 70.8 Å². The van der Waals surface area contributed by atoms with Crippen LogP contribution in [0.5, 0.6) is 0 Å². The molecule has 1 unspecified atom stereocenters. The van der Waals surface area contributed by atoms with Crippen LogP contribution >= 0.6 is 7.82 Å². The first kappa shape index (κ1) is 48.2. The van der Waals surface area contributed by atoms with Crippen molar-refractivity contribution < 1.29 is 76.3 Å². The van der Waals surface area contributed by atoms with Crippen molar-refractivity contribution in [2.75, 3.05) is 31.6 Å². The van der Waals surface area contributed by atoms with Gasteiger partial charge in [-0.3, -0.25) is 9.05 Å². The van der Waals surface area contributed by atoms with E-state index in [1.54, 1.807) is 36.4 Å². The van der Waals surface area contributed by atoms with Crippen LogP contribution in [-0.4, -0.2) is 87.4 Å². The van der Waals surface area contributed by atoms with Crippen LogP contribution in [0.25, 0.3) is 0 Å². The topological polar surface area (TPSA) is 257 Å². The minimum atomic E-state index is -4.43. The van der Waals surface area contributed by atoms with Crippen molar-refractivity contribution in [3.63, 3.8) is 0 Å². The minimum absolute atomic E-state index is 0.0618. The first-order valence-electron chi connectivity index (χ1n) is 17.5. The Labute approximate surface area is 348 Å². The Morgan fingerprint density at radius 3 is 1.23 bits per heavy atom. The number of benzene rings is 4. The van der Waals surface area contributed by atoms with Gasteiger partial charge < -0.3 is 24.2 Å². The van der Waals surface area contributed by atoms with Crippen molar-refractivity contribution in [1.29, 1.82) is 0 Å². The molecule has 1 heterocycles. The third kappa shape index (κ3) is 14.6. The quantitative estimate of drug-likeness (QED) is 0.105. The third-order valence-electron chi connectivity index (χ3n) is 8.21. The Hall–Kier alpha value is -4.44. The molecule has 1 atom stereocenters. The number of cyclic esters (lactones) is 1. The molecule has 17 nitrogen and oxygen atoms in total. The summed E-state index contributed by atoms with van der Waals surface area (Å²) in [7, 11) is -18.1. The molecule has 2 N–H and O–H groups in total. The molecule has 4 aromatic carbocycles. The summed E-state index contributed by atoms with van der Waals surface area (Å²) in [6.07, 6.45) is 3.52. The van der Waals surface area contributed by atoms with Gasteiger partial charge in [-0.1, -0.05) is 48.5 Å². The van der Waals surface area contributed by atoms with Crippen molar-refractivity contribution in [2.45, 2.75) is 58.5 Å². The van der Waals surface area contributed by atoms with Crippen LogP contribution < -0.4 is 0 Å². The van der Waals surface area contributed by atoms with Crippen molar-refractivity contribution >= 4 is 53.1 Å².